The zero-order valence-corrected chi connectivity index (χ0v) is 15.4. The molecular formula is C21H17FN2O5. The molecule has 1 amide bonds. The van der Waals surface area contributed by atoms with Crippen molar-refractivity contribution in [1.82, 2.24) is 0 Å². The summed E-state index contributed by atoms with van der Waals surface area (Å²) in [5, 5.41) is 14.0. The molecule has 0 saturated heterocycles. The quantitative estimate of drug-likeness (QED) is 0.466. The maximum Gasteiger partial charge on any atom is 0.286 e. The highest BCUT2D eigenvalue weighted by atomic mass is 19.1. The number of amides is 1. The van der Waals surface area contributed by atoms with E-state index in [9.17, 15) is 19.3 Å². The lowest BCUT2D eigenvalue weighted by molar-refractivity contribution is -0.385. The summed E-state index contributed by atoms with van der Waals surface area (Å²) in [4.78, 5) is 23.4. The number of nitrogens with one attached hydrogen (secondary N) is 1. The molecule has 0 unspecified atom stereocenters. The molecule has 3 rings (SSSR count). The van der Waals surface area contributed by atoms with E-state index < -0.39 is 22.3 Å². The molecule has 0 aliphatic rings. The lowest BCUT2D eigenvalue weighted by Gasteiger charge is -2.13. The maximum atomic E-state index is 13.0. The summed E-state index contributed by atoms with van der Waals surface area (Å²) in [6, 6.07) is 16.7. The van der Waals surface area contributed by atoms with Crippen LogP contribution in [-0.2, 0) is 6.61 Å². The number of carbonyl (C=O) groups is 1. The molecule has 8 heteroatoms. The summed E-state index contributed by atoms with van der Waals surface area (Å²) >= 11 is 0. The van der Waals surface area contributed by atoms with E-state index in [0.29, 0.717) is 5.69 Å². The Morgan fingerprint density at radius 1 is 1.07 bits per heavy atom. The van der Waals surface area contributed by atoms with Gasteiger partial charge >= 0.3 is 0 Å². The first-order valence-electron chi connectivity index (χ1n) is 8.58. The van der Waals surface area contributed by atoms with Crippen molar-refractivity contribution in [2.45, 2.75) is 6.61 Å². The van der Waals surface area contributed by atoms with Crippen molar-refractivity contribution in [3.05, 3.63) is 93.8 Å². The number of carbonyl (C=O) groups excluding carboxylic acids is 1. The zero-order chi connectivity index (χ0) is 20.8. The largest absolute Gasteiger partial charge is 0.493 e. The average Bonchev–Trinajstić information content (AvgIpc) is 2.73. The van der Waals surface area contributed by atoms with Gasteiger partial charge in [0.15, 0.2) is 11.5 Å². The molecule has 0 bridgehead atoms. The topological polar surface area (TPSA) is 90.7 Å². The number of rotatable bonds is 7. The second kappa shape index (κ2) is 8.83. The number of hydrogen-bond donors (Lipinski definition) is 1. The van der Waals surface area contributed by atoms with Crippen molar-refractivity contribution >= 4 is 17.3 Å². The van der Waals surface area contributed by atoms with Crippen molar-refractivity contribution in [3.63, 3.8) is 0 Å². The Balaban J connectivity index is 1.89. The lowest BCUT2D eigenvalue weighted by atomic mass is 10.1. The zero-order valence-electron chi connectivity index (χ0n) is 15.4. The van der Waals surface area contributed by atoms with Crippen LogP contribution in [0, 0.1) is 15.9 Å². The predicted molar refractivity (Wildman–Crippen MR) is 105 cm³/mol. The van der Waals surface area contributed by atoms with Crippen molar-refractivity contribution < 1.29 is 23.6 Å². The number of methoxy groups -OCH3 is 1. The molecule has 7 nitrogen and oxygen atoms in total. The van der Waals surface area contributed by atoms with Crippen molar-refractivity contribution in [3.8, 4) is 11.5 Å². The molecule has 148 valence electrons. The molecule has 0 spiro atoms. The van der Waals surface area contributed by atoms with Crippen LogP contribution >= 0.6 is 0 Å². The molecule has 29 heavy (non-hydrogen) atoms. The SMILES string of the molecule is COc1cc(C(=O)Nc2ccc(F)cc2)c([N+](=O)[O-])cc1OCc1ccccc1. The van der Waals surface area contributed by atoms with Crippen LogP contribution in [0.15, 0.2) is 66.7 Å². The number of nitrogens with zero attached hydrogens (tertiary/aromatic N) is 1. The number of hydrogen-bond acceptors (Lipinski definition) is 5. The van der Waals surface area contributed by atoms with Crippen LogP contribution in [0.25, 0.3) is 0 Å². The van der Waals surface area contributed by atoms with Gasteiger partial charge in [-0.3, -0.25) is 14.9 Å². The summed E-state index contributed by atoms with van der Waals surface area (Å²) in [6.07, 6.45) is 0. The maximum absolute atomic E-state index is 13.0. The minimum atomic E-state index is -0.726. The molecule has 0 aliphatic carbocycles. The summed E-state index contributed by atoms with van der Waals surface area (Å²) in [6.45, 7) is 0.176. The van der Waals surface area contributed by atoms with Crippen LogP contribution in [0.5, 0.6) is 11.5 Å². The van der Waals surface area contributed by atoms with Gasteiger partial charge < -0.3 is 14.8 Å². The third-order valence-electron chi connectivity index (χ3n) is 4.06. The third-order valence-corrected chi connectivity index (χ3v) is 4.06. The molecule has 0 aliphatic heterocycles. The Morgan fingerprint density at radius 3 is 2.38 bits per heavy atom. The lowest BCUT2D eigenvalue weighted by Crippen LogP contribution is -2.14. The van der Waals surface area contributed by atoms with E-state index in [2.05, 4.69) is 5.32 Å². The first-order chi connectivity index (χ1) is 14.0. The van der Waals surface area contributed by atoms with Crippen LogP contribution < -0.4 is 14.8 Å². The van der Waals surface area contributed by atoms with E-state index in [1.807, 2.05) is 30.3 Å². The number of benzene rings is 3. The van der Waals surface area contributed by atoms with Gasteiger partial charge in [0.25, 0.3) is 11.6 Å². The Morgan fingerprint density at radius 2 is 1.76 bits per heavy atom. The number of ether oxygens (including phenoxy) is 2. The molecule has 3 aromatic rings. The fourth-order valence-corrected chi connectivity index (χ4v) is 2.62. The van der Waals surface area contributed by atoms with Gasteiger partial charge in [0, 0.05) is 11.8 Å². The van der Waals surface area contributed by atoms with E-state index in [4.69, 9.17) is 9.47 Å². The predicted octanol–water partition coefficient (Wildman–Crippen LogP) is 4.57. The molecule has 0 atom stereocenters. The molecule has 0 heterocycles. The second-order valence-electron chi connectivity index (χ2n) is 6.01. The highest BCUT2D eigenvalue weighted by molar-refractivity contribution is 6.07. The minimum absolute atomic E-state index is 0.140. The van der Waals surface area contributed by atoms with E-state index in [0.717, 1.165) is 11.6 Å². The van der Waals surface area contributed by atoms with Crippen LogP contribution in [0.1, 0.15) is 15.9 Å². The van der Waals surface area contributed by atoms with E-state index >= 15 is 0 Å². The summed E-state index contributed by atoms with van der Waals surface area (Å²) < 4.78 is 23.9. The van der Waals surface area contributed by atoms with Crippen LogP contribution in [-0.4, -0.2) is 17.9 Å². The third kappa shape index (κ3) is 4.86. The standard InChI is InChI=1S/C21H17FN2O5/c1-28-19-11-17(21(25)23-16-9-7-15(22)8-10-16)18(24(26)27)12-20(19)29-13-14-5-3-2-4-6-14/h2-12H,13H2,1H3,(H,23,25). The molecule has 3 aromatic carbocycles. The van der Waals surface area contributed by atoms with E-state index in [1.165, 1.54) is 37.4 Å². The smallest absolute Gasteiger partial charge is 0.286 e. The van der Waals surface area contributed by atoms with Gasteiger partial charge in [0.05, 0.1) is 18.1 Å². The first kappa shape index (κ1) is 19.8. The van der Waals surface area contributed by atoms with Crippen molar-refractivity contribution in [1.29, 1.82) is 0 Å². The van der Waals surface area contributed by atoms with Gasteiger partial charge in [-0.1, -0.05) is 30.3 Å². The molecule has 0 saturated carbocycles. The summed E-state index contributed by atoms with van der Waals surface area (Å²) in [5.74, 6) is -0.871. The number of nitro groups is 1. The van der Waals surface area contributed by atoms with E-state index in [-0.39, 0.29) is 23.7 Å². The van der Waals surface area contributed by atoms with Gasteiger partial charge in [0.2, 0.25) is 0 Å². The van der Waals surface area contributed by atoms with E-state index in [1.54, 1.807) is 0 Å². The highest BCUT2D eigenvalue weighted by Gasteiger charge is 2.25. The Hall–Kier alpha value is -3.94. The van der Waals surface area contributed by atoms with Gasteiger partial charge in [-0.25, -0.2) is 4.39 Å². The fraction of sp³-hybridized carbons (Fsp3) is 0.0952. The van der Waals surface area contributed by atoms with Gasteiger partial charge in [-0.2, -0.15) is 0 Å². The Labute approximate surface area is 165 Å². The Bertz CT molecular complexity index is 1020. The van der Waals surface area contributed by atoms with Crippen molar-refractivity contribution in [2.75, 3.05) is 12.4 Å². The first-order valence-corrected chi connectivity index (χ1v) is 8.58. The van der Waals surface area contributed by atoms with Crippen LogP contribution in [0.3, 0.4) is 0 Å². The monoisotopic (exact) mass is 396 g/mol. The van der Waals surface area contributed by atoms with Crippen LogP contribution in [0.4, 0.5) is 15.8 Å². The normalized spacial score (nSPS) is 10.3. The average molecular weight is 396 g/mol. The second-order valence-corrected chi connectivity index (χ2v) is 6.01. The molecule has 1 N–H and O–H groups in total. The minimum Gasteiger partial charge on any atom is -0.493 e. The number of anilines is 1. The van der Waals surface area contributed by atoms with Crippen molar-refractivity contribution in [2.24, 2.45) is 0 Å². The molecule has 0 fully saturated rings. The van der Waals surface area contributed by atoms with Gasteiger partial charge in [-0.15, -0.1) is 0 Å². The number of halogens is 1. The summed E-state index contributed by atoms with van der Waals surface area (Å²) in [5.41, 5.74) is 0.529. The highest BCUT2D eigenvalue weighted by Crippen LogP contribution is 2.35. The van der Waals surface area contributed by atoms with Crippen LogP contribution in [0.2, 0.25) is 0 Å². The van der Waals surface area contributed by atoms with Gasteiger partial charge in [-0.05, 0) is 29.8 Å². The number of nitro benzene ring substituents is 1. The summed E-state index contributed by atoms with van der Waals surface area (Å²) in [7, 11) is 1.37. The van der Waals surface area contributed by atoms with Gasteiger partial charge in [0.1, 0.15) is 18.0 Å². The molecule has 0 aromatic heterocycles. The molecule has 0 radical (unpaired) electrons. The molecular weight excluding hydrogens is 379 g/mol. The fourth-order valence-electron chi connectivity index (χ4n) is 2.62. The Kier molecular flexibility index (Phi) is 6.03.